The van der Waals surface area contributed by atoms with Crippen molar-refractivity contribution in [2.75, 3.05) is 18.5 Å². The van der Waals surface area contributed by atoms with Gasteiger partial charge in [0.2, 0.25) is 0 Å². The van der Waals surface area contributed by atoms with Crippen molar-refractivity contribution in [3.05, 3.63) is 52.8 Å². The molecule has 0 atom stereocenters. The lowest BCUT2D eigenvalue weighted by Crippen LogP contribution is -2.03. The van der Waals surface area contributed by atoms with E-state index < -0.39 is 0 Å². The summed E-state index contributed by atoms with van der Waals surface area (Å²) in [4.78, 5) is 0. The van der Waals surface area contributed by atoms with Crippen LogP contribution in [0.1, 0.15) is 19.4 Å². The van der Waals surface area contributed by atoms with Crippen molar-refractivity contribution in [3.8, 4) is 11.5 Å². The van der Waals surface area contributed by atoms with E-state index in [1.807, 2.05) is 26.0 Å². The van der Waals surface area contributed by atoms with Crippen LogP contribution in [0.15, 0.2) is 36.4 Å². The molecule has 0 aliphatic heterocycles. The van der Waals surface area contributed by atoms with E-state index in [1.165, 1.54) is 12.1 Å². The molecule has 0 heterocycles. The molecule has 5 heteroatoms. The summed E-state index contributed by atoms with van der Waals surface area (Å²) in [5, 5.41) is 3.73. The Bertz CT molecular complexity index is 617. The first-order valence-electron chi connectivity index (χ1n) is 7.21. The minimum absolute atomic E-state index is 0.256. The molecule has 2 aromatic rings. The van der Waals surface area contributed by atoms with Crippen molar-refractivity contribution in [3.63, 3.8) is 0 Å². The molecule has 0 aliphatic rings. The normalized spacial score (nSPS) is 10.4. The topological polar surface area (TPSA) is 30.5 Å². The van der Waals surface area contributed by atoms with E-state index in [0.717, 1.165) is 11.3 Å². The summed E-state index contributed by atoms with van der Waals surface area (Å²) >= 11 is 6.27. The molecule has 118 valence electrons. The smallest absolute Gasteiger partial charge is 0.179 e. The highest BCUT2D eigenvalue weighted by Gasteiger charge is 2.12. The fourth-order valence-corrected chi connectivity index (χ4v) is 2.33. The largest absolute Gasteiger partial charge is 0.490 e. The van der Waals surface area contributed by atoms with Gasteiger partial charge < -0.3 is 14.8 Å². The van der Waals surface area contributed by atoms with Crippen LogP contribution in [0.25, 0.3) is 0 Å². The van der Waals surface area contributed by atoms with Gasteiger partial charge in [0.15, 0.2) is 11.5 Å². The SMILES string of the molecule is CCOc1cc(CNc2ccc(F)cc2)cc(Cl)c1OCC. The van der Waals surface area contributed by atoms with Gasteiger partial charge in [0, 0.05) is 12.2 Å². The lowest BCUT2D eigenvalue weighted by molar-refractivity contribution is 0.287. The van der Waals surface area contributed by atoms with Crippen LogP contribution in [0.3, 0.4) is 0 Å². The van der Waals surface area contributed by atoms with Crippen LogP contribution >= 0.6 is 11.6 Å². The second kappa shape index (κ2) is 7.90. The Morgan fingerprint density at radius 1 is 1.05 bits per heavy atom. The van der Waals surface area contributed by atoms with E-state index in [1.54, 1.807) is 12.1 Å². The standard InChI is InChI=1S/C17H19ClFNO2/c1-3-21-16-10-12(9-15(18)17(16)22-4-2)11-20-14-7-5-13(19)6-8-14/h5-10,20H,3-4,11H2,1-2H3. The molecule has 0 saturated heterocycles. The molecule has 22 heavy (non-hydrogen) atoms. The van der Waals surface area contributed by atoms with Crippen molar-refractivity contribution in [2.45, 2.75) is 20.4 Å². The Morgan fingerprint density at radius 3 is 2.36 bits per heavy atom. The Kier molecular flexibility index (Phi) is 5.90. The minimum Gasteiger partial charge on any atom is -0.490 e. The number of ether oxygens (including phenoxy) is 2. The first-order chi connectivity index (χ1) is 10.6. The second-order valence-electron chi connectivity index (χ2n) is 4.63. The predicted octanol–water partition coefficient (Wildman–Crippen LogP) is 4.89. The van der Waals surface area contributed by atoms with E-state index in [2.05, 4.69) is 5.32 Å². The zero-order chi connectivity index (χ0) is 15.9. The zero-order valence-corrected chi connectivity index (χ0v) is 13.4. The first kappa shape index (κ1) is 16.4. The number of rotatable bonds is 7. The van der Waals surface area contributed by atoms with Crippen molar-refractivity contribution >= 4 is 17.3 Å². The molecular formula is C17H19ClFNO2. The molecule has 0 spiro atoms. The van der Waals surface area contributed by atoms with Gasteiger partial charge in [-0.3, -0.25) is 0 Å². The van der Waals surface area contributed by atoms with E-state index in [0.29, 0.717) is 36.3 Å². The van der Waals surface area contributed by atoms with Gasteiger partial charge in [-0.05, 0) is 55.8 Å². The maximum atomic E-state index is 12.9. The molecule has 0 bridgehead atoms. The molecule has 0 unspecified atom stereocenters. The van der Waals surface area contributed by atoms with Crippen molar-refractivity contribution in [1.29, 1.82) is 0 Å². The fraction of sp³-hybridized carbons (Fsp3) is 0.294. The number of benzene rings is 2. The van der Waals surface area contributed by atoms with Crippen LogP contribution in [0, 0.1) is 5.82 Å². The number of nitrogens with one attached hydrogen (secondary N) is 1. The van der Waals surface area contributed by atoms with Crippen LogP contribution in [-0.4, -0.2) is 13.2 Å². The van der Waals surface area contributed by atoms with Crippen LogP contribution in [-0.2, 0) is 6.54 Å². The highest BCUT2D eigenvalue weighted by molar-refractivity contribution is 6.32. The molecule has 0 radical (unpaired) electrons. The molecule has 2 aromatic carbocycles. The number of hydrogen-bond acceptors (Lipinski definition) is 3. The molecule has 3 nitrogen and oxygen atoms in total. The molecule has 2 rings (SSSR count). The average Bonchev–Trinajstić information content (AvgIpc) is 2.50. The number of anilines is 1. The average molecular weight is 324 g/mol. The van der Waals surface area contributed by atoms with Gasteiger partial charge in [-0.2, -0.15) is 0 Å². The van der Waals surface area contributed by atoms with E-state index >= 15 is 0 Å². The highest BCUT2D eigenvalue weighted by Crippen LogP contribution is 2.36. The van der Waals surface area contributed by atoms with Crippen LogP contribution < -0.4 is 14.8 Å². The third-order valence-corrected chi connectivity index (χ3v) is 3.28. The van der Waals surface area contributed by atoms with E-state index in [9.17, 15) is 4.39 Å². The Balaban J connectivity index is 2.15. The number of halogens is 2. The summed E-state index contributed by atoms with van der Waals surface area (Å²) in [5.41, 5.74) is 1.80. The van der Waals surface area contributed by atoms with Gasteiger partial charge in [-0.15, -0.1) is 0 Å². The predicted molar refractivity (Wildman–Crippen MR) is 87.5 cm³/mol. The third-order valence-electron chi connectivity index (χ3n) is 3.00. The van der Waals surface area contributed by atoms with Gasteiger partial charge in [0.1, 0.15) is 5.82 Å². The van der Waals surface area contributed by atoms with Crippen LogP contribution in [0.4, 0.5) is 10.1 Å². The van der Waals surface area contributed by atoms with Crippen LogP contribution in [0.2, 0.25) is 5.02 Å². The van der Waals surface area contributed by atoms with Crippen molar-refractivity contribution in [2.24, 2.45) is 0 Å². The molecule has 0 amide bonds. The maximum Gasteiger partial charge on any atom is 0.179 e. The molecule has 0 aromatic heterocycles. The molecule has 0 fully saturated rings. The Labute approximate surface area is 135 Å². The number of hydrogen-bond donors (Lipinski definition) is 1. The molecule has 0 saturated carbocycles. The fourth-order valence-electron chi connectivity index (χ4n) is 2.04. The second-order valence-corrected chi connectivity index (χ2v) is 5.04. The third kappa shape index (κ3) is 4.28. The quantitative estimate of drug-likeness (QED) is 0.787. The lowest BCUT2D eigenvalue weighted by Gasteiger charge is -2.15. The van der Waals surface area contributed by atoms with Crippen molar-refractivity contribution in [1.82, 2.24) is 0 Å². The highest BCUT2D eigenvalue weighted by atomic mass is 35.5. The summed E-state index contributed by atoms with van der Waals surface area (Å²) in [6.07, 6.45) is 0. The molecular weight excluding hydrogens is 305 g/mol. The molecule has 1 N–H and O–H groups in total. The van der Waals surface area contributed by atoms with Crippen molar-refractivity contribution < 1.29 is 13.9 Å². The summed E-state index contributed by atoms with van der Waals surface area (Å²) in [7, 11) is 0. The lowest BCUT2D eigenvalue weighted by atomic mass is 10.2. The summed E-state index contributed by atoms with van der Waals surface area (Å²) in [6.45, 7) is 5.42. The summed E-state index contributed by atoms with van der Waals surface area (Å²) < 4.78 is 24.0. The molecule has 0 aliphatic carbocycles. The van der Waals surface area contributed by atoms with Crippen LogP contribution in [0.5, 0.6) is 11.5 Å². The minimum atomic E-state index is -0.256. The van der Waals surface area contributed by atoms with Gasteiger partial charge in [-0.1, -0.05) is 11.6 Å². The monoisotopic (exact) mass is 323 g/mol. The maximum absolute atomic E-state index is 12.9. The van der Waals surface area contributed by atoms with Gasteiger partial charge >= 0.3 is 0 Å². The van der Waals surface area contributed by atoms with E-state index in [-0.39, 0.29) is 5.82 Å². The Hall–Kier alpha value is -1.94. The van der Waals surface area contributed by atoms with Gasteiger partial charge in [0.25, 0.3) is 0 Å². The van der Waals surface area contributed by atoms with Gasteiger partial charge in [0.05, 0.1) is 18.2 Å². The summed E-state index contributed by atoms with van der Waals surface area (Å²) in [5.74, 6) is 0.942. The summed E-state index contributed by atoms with van der Waals surface area (Å²) in [6, 6.07) is 9.95. The first-order valence-corrected chi connectivity index (χ1v) is 7.59. The van der Waals surface area contributed by atoms with Gasteiger partial charge in [-0.25, -0.2) is 4.39 Å². The van der Waals surface area contributed by atoms with E-state index in [4.69, 9.17) is 21.1 Å². The Morgan fingerprint density at radius 2 is 1.73 bits per heavy atom. The zero-order valence-electron chi connectivity index (χ0n) is 12.7.